The number of pyridine rings is 2. The van der Waals surface area contributed by atoms with Crippen LogP contribution in [0.15, 0.2) is 70.7 Å². The maximum atomic E-state index is 13.4. The Morgan fingerprint density at radius 1 is 1.08 bits per heavy atom. The second-order valence-corrected chi connectivity index (χ2v) is 13.3. The fourth-order valence-electron chi connectivity index (χ4n) is 5.36. The van der Waals surface area contributed by atoms with Gasteiger partial charge in [-0.2, -0.15) is 16.7 Å². The van der Waals surface area contributed by atoms with Crippen molar-refractivity contribution >= 4 is 45.2 Å². The van der Waals surface area contributed by atoms with Crippen molar-refractivity contribution in [2.24, 2.45) is 0 Å². The molecule has 3 aromatic heterocycles. The van der Waals surface area contributed by atoms with Gasteiger partial charge in [0.2, 0.25) is 5.95 Å². The van der Waals surface area contributed by atoms with Crippen LogP contribution in [-0.4, -0.2) is 59.8 Å². The normalized spacial score (nSPS) is 19.4. The van der Waals surface area contributed by atoms with Gasteiger partial charge in [-0.25, -0.2) is 4.98 Å². The zero-order valence-electron chi connectivity index (χ0n) is 22.0. The molecule has 2 unspecified atom stereocenters. The molecule has 1 saturated heterocycles. The first-order chi connectivity index (χ1) is 19.0. The van der Waals surface area contributed by atoms with Gasteiger partial charge in [0.25, 0.3) is 5.56 Å². The number of aromatic nitrogens is 4. The Labute approximate surface area is 234 Å². The van der Waals surface area contributed by atoms with Crippen molar-refractivity contribution in [2.75, 3.05) is 31.2 Å². The van der Waals surface area contributed by atoms with E-state index < -0.39 is 10.8 Å². The van der Waals surface area contributed by atoms with Gasteiger partial charge >= 0.3 is 0 Å². The molecule has 1 N–H and O–H groups in total. The summed E-state index contributed by atoms with van der Waals surface area (Å²) >= 11 is 2.00. The fourth-order valence-corrected chi connectivity index (χ4v) is 8.46. The number of nitrogens with one attached hydrogen (secondary N) is 1. The molecular weight excluding hydrogens is 528 g/mol. The highest BCUT2D eigenvalue weighted by Crippen LogP contribution is 2.33. The molecule has 10 heteroatoms. The third kappa shape index (κ3) is 5.78. The van der Waals surface area contributed by atoms with E-state index in [2.05, 4.69) is 51.5 Å². The summed E-state index contributed by atoms with van der Waals surface area (Å²) in [4.78, 5) is 29.7. The highest BCUT2D eigenvalue weighted by Gasteiger charge is 2.25. The number of anilines is 2. The summed E-state index contributed by atoms with van der Waals surface area (Å²) in [5.74, 6) is 1.56. The van der Waals surface area contributed by atoms with Crippen LogP contribution in [0.3, 0.4) is 0 Å². The molecule has 0 bridgehead atoms. The second kappa shape index (κ2) is 11.6. The van der Waals surface area contributed by atoms with Crippen LogP contribution < -0.4 is 10.9 Å². The summed E-state index contributed by atoms with van der Waals surface area (Å²) < 4.78 is 15.0. The van der Waals surface area contributed by atoms with E-state index in [1.165, 1.54) is 11.6 Å². The molecule has 1 aliphatic heterocycles. The first-order valence-corrected chi connectivity index (χ1v) is 15.7. The van der Waals surface area contributed by atoms with Crippen LogP contribution in [0, 0.1) is 0 Å². The van der Waals surface area contributed by atoms with Gasteiger partial charge < -0.3 is 10.2 Å². The molecule has 4 heterocycles. The molecule has 6 rings (SSSR count). The van der Waals surface area contributed by atoms with Crippen molar-refractivity contribution in [1.82, 2.24) is 24.4 Å². The van der Waals surface area contributed by atoms with Gasteiger partial charge in [-0.3, -0.25) is 18.6 Å². The molecule has 0 spiro atoms. The molecule has 1 saturated carbocycles. The van der Waals surface area contributed by atoms with E-state index in [1.807, 2.05) is 17.8 Å². The number of hydrogen-bond acceptors (Lipinski definition) is 8. The largest absolute Gasteiger partial charge is 0.324 e. The van der Waals surface area contributed by atoms with Crippen molar-refractivity contribution < 1.29 is 4.21 Å². The van der Waals surface area contributed by atoms with Crippen molar-refractivity contribution in [3.8, 4) is 0 Å². The number of fused-ring (bicyclic) bond motifs is 1. The van der Waals surface area contributed by atoms with E-state index >= 15 is 0 Å². The van der Waals surface area contributed by atoms with Crippen LogP contribution in [0.2, 0.25) is 0 Å². The number of nitrogens with zero attached hydrogens (tertiary/aromatic N) is 5. The second-order valence-electron chi connectivity index (χ2n) is 10.3. The summed E-state index contributed by atoms with van der Waals surface area (Å²) in [7, 11) is 1.04. The lowest BCUT2D eigenvalue weighted by atomic mass is 10.1. The average molecular weight is 561 g/mol. The maximum Gasteiger partial charge on any atom is 0.252 e. The Morgan fingerprint density at radius 2 is 1.90 bits per heavy atom. The van der Waals surface area contributed by atoms with E-state index in [0.717, 1.165) is 66.1 Å². The highest BCUT2D eigenvalue weighted by atomic mass is 32.2. The summed E-state index contributed by atoms with van der Waals surface area (Å²) in [6.07, 6.45) is 9.31. The first kappa shape index (κ1) is 26.2. The third-order valence-corrected chi connectivity index (χ3v) is 10.7. The predicted octanol–water partition coefficient (Wildman–Crippen LogP) is 4.75. The first-order valence-electron chi connectivity index (χ1n) is 13.4. The van der Waals surface area contributed by atoms with Crippen LogP contribution >= 0.6 is 11.8 Å². The highest BCUT2D eigenvalue weighted by molar-refractivity contribution is 7.99. The molecule has 1 aliphatic carbocycles. The van der Waals surface area contributed by atoms with Crippen molar-refractivity contribution in [3.63, 3.8) is 0 Å². The Balaban J connectivity index is 1.27. The minimum absolute atomic E-state index is 0.164. The molecule has 0 radical (unpaired) electrons. The topological polar surface area (TPSA) is 93.0 Å². The minimum Gasteiger partial charge on any atom is -0.324 e. The Morgan fingerprint density at radius 3 is 2.69 bits per heavy atom. The van der Waals surface area contributed by atoms with Gasteiger partial charge in [-0.1, -0.05) is 25.0 Å². The number of hydrogen-bond donors (Lipinski definition) is 1. The Hall–Kier alpha value is -3.08. The van der Waals surface area contributed by atoms with E-state index in [1.54, 1.807) is 29.2 Å². The quantitative estimate of drug-likeness (QED) is 0.346. The van der Waals surface area contributed by atoms with Gasteiger partial charge in [0.15, 0.2) is 0 Å². The standard InChI is InChI=1S/C29H32N6O2S2/c1-34-14-15-38-25(19-34)20-6-9-23(10-7-20)32-29-31-17-21-8-11-27(36)35(28(21)33-29)18-22-16-30-13-12-26(22)39(37)24-4-2-3-5-24/h6-13,16-17,24-25H,2-5,14-15,18-19H2,1H3,(H,31,32,33). The average Bonchev–Trinajstić information content (AvgIpc) is 3.50. The van der Waals surface area contributed by atoms with Crippen molar-refractivity contribution in [3.05, 3.63) is 82.5 Å². The smallest absolute Gasteiger partial charge is 0.252 e. The van der Waals surface area contributed by atoms with E-state index in [9.17, 15) is 9.00 Å². The summed E-state index contributed by atoms with van der Waals surface area (Å²) in [6.45, 7) is 2.43. The van der Waals surface area contributed by atoms with Crippen LogP contribution in [0.4, 0.5) is 11.6 Å². The number of likely N-dealkylation sites (N-methyl/N-ethyl adjacent to an activating group) is 1. The molecule has 2 fully saturated rings. The van der Waals surface area contributed by atoms with Crippen LogP contribution in [0.1, 0.15) is 42.1 Å². The van der Waals surface area contributed by atoms with Crippen molar-refractivity contribution in [1.29, 1.82) is 0 Å². The molecule has 0 amide bonds. The molecular formula is C29H32N6O2S2. The molecule has 202 valence electrons. The van der Waals surface area contributed by atoms with E-state index in [0.29, 0.717) is 16.8 Å². The van der Waals surface area contributed by atoms with E-state index in [-0.39, 0.29) is 17.4 Å². The van der Waals surface area contributed by atoms with Gasteiger partial charge in [0.05, 0.1) is 17.3 Å². The summed E-state index contributed by atoms with van der Waals surface area (Å²) in [6, 6.07) is 13.5. The van der Waals surface area contributed by atoms with Gasteiger partial charge in [0, 0.05) is 75.5 Å². The van der Waals surface area contributed by atoms with Crippen molar-refractivity contribution in [2.45, 2.75) is 47.6 Å². The third-order valence-electron chi connectivity index (χ3n) is 7.54. The molecule has 8 nitrogen and oxygen atoms in total. The SMILES string of the molecule is CN1CCSC(c2ccc(Nc3ncc4ccc(=O)n(Cc5cnccc5S(=O)C5CCCC5)c4n3)cc2)C1. The van der Waals surface area contributed by atoms with Gasteiger partial charge in [0.1, 0.15) is 5.65 Å². The lowest BCUT2D eigenvalue weighted by Crippen LogP contribution is -2.30. The molecule has 2 aliphatic rings. The number of thioether (sulfide) groups is 1. The van der Waals surface area contributed by atoms with Crippen LogP contribution in [0.25, 0.3) is 11.0 Å². The molecule has 39 heavy (non-hydrogen) atoms. The zero-order valence-corrected chi connectivity index (χ0v) is 23.6. The van der Waals surface area contributed by atoms with Crippen LogP contribution in [0.5, 0.6) is 0 Å². The fraction of sp³-hybridized carbons (Fsp3) is 0.379. The Kier molecular flexibility index (Phi) is 7.76. The summed E-state index contributed by atoms with van der Waals surface area (Å²) in [5.41, 5.74) is 3.34. The zero-order chi connectivity index (χ0) is 26.8. The van der Waals surface area contributed by atoms with Crippen LogP contribution in [-0.2, 0) is 17.3 Å². The molecule has 2 atom stereocenters. The molecule has 1 aromatic carbocycles. The molecule has 4 aromatic rings. The monoisotopic (exact) mass is 560 g/mol. The number of rotatable bonds is 7. The predicted molar refractivity (Wildman–Crippen MR) is 158 cm³/mol. The number of benzene rings is 1. The summed E-state index contributed by atoms with van der Waals surface area (Å²) in [5, 5.41) is 4.70. The van der Waals surface area contributed by atoms with Gasteiger partial charge in [-0.05, 0) is 49.7 Å². The lowest BCUT2D eigenvalue weighted by Gasteiger charge is -2.29. The Bertz CT molecular complexity index is 1550. The minimum atomic E-state index is -1.13. The lowest BCUT2D eigenvalue weighted by molar-refractivity contribution is 0.347. The van der Waals surface area contributed by atoms with E-state index in [4.69, 9.17) is 4.98 Å². The van der Waals surface area contributed by atoms with Gasteiger partial charge in [-0.15, -0.1) is 0 Å². The maximum absolute atomic E-state index is 13.4.